The SMILES string of the molecule is CC/C=C\C/C=C\C/C=C\C/C=C\CCCCCCCCCCCCCCC(=O)OC(COC(=O)CCCCCCCCCCCCCCCCCCCCCCC/C=C\CCCCCCCCCC)COP(=O)([O-])OCC[N+](C)(C)C. The van der Waals surface area contributed by atoms with E-state index in [1.807, 2.05) is 21.1 Å². The maximum Gasteiger partial charge on any atom is 0.306 e. The number of allylic oxidation sites excluding steroid dienone is 10. The van der Waals surface area contributed by atoms with Gasteiger partial charge in [0.1, 0.15) is 19.8 Å². The number of rotatable bonds is 65. The van der Waals surface area contributed by atoms with Gasteiger partial charge < -0.3 is 27.9 Å². The molecule has 2 unspecified atom stereocenters. The molecule has 0 saturated carbocycles. The highest BCUT2D eigenvalue weighted by molar-refractivity contribution is 7.45. The Morgan fingerprint density at radius 1 is 0.390 bits per heavy atom. The zero-order valence-electron chi connectivity index (χ0n) is 54.7. The van der Waals surface area contributed by atoms with E-state index in [2.05, 4.69) is 74.6 Å². The van der Waals surface area contributed by atoms with Gasteiger partial charge in [-0.3, -0.25) is 14.2 Å². The summed E-state index contributed by atoms with van der Waals surface area (Å²) < 4.78 is 34.3. The van der Waals surface area contributed by atoms with Gasteiger partial charge in [0.15, 0.2) is 6.10 Å². The number of likely N-dealkylation sites (N-methyl/N-ethyl adjacent to an activating group) is 1. The first-order valence-corrected chi connectivity index (χ1v) is 36.5. The highest BCUT2D eigenvalue weighted by Crippen LogP contribution is 2.38. The van der Waals surface area contributed by atoms with Gasteiger partial charge in [-0.1, -0.05) is 306 Å². The molecule has 0 spiro atoms. The number of hydrogen-bond donors (Lipinski definition) is 0. The van der Waals surface area contributed by atoms with Crippen LogP contribution in [0.4, 0.5) is 0 Å². The van der Waals surface area contributed by atoms with Crippen LogP contribution in [-0.2, 0) is 32.7 Å². The van der Waals surface area contributed by atoms with Crippen molar-refractivity contribution in [1.82, 2.24) is 0 Å². The summed E-state index contributed by atoms with van der Waals surface area (Å²) in [5.74, 6) is -0.821. The van der Waals surface area contributed by atoms with Crippen molar-refractivity contribution in [1.29, 1.82) is 0 Å². The van der Waals surface area contributed by atoms with Gasteiger partial charge in [-0.15, -0.1) is 0 Å². The molecule has 0 aliphatic heterocycles. The molecule has 0 aromatic carbocycles. The maximum atomic E-state index is 12.9. The molecule has 10 heteroatoms. The Morgan fingerprint density at radius 3 is 1.05 bits per heavy atom. The predicted molar refractivity (Wildman–Crippen MR) is 351 cm³/mol. The maximum absolute atomic E-state index is 12.9. The monoisotopic (exact) mass is 1170 g/mol. The number of ether oxygens (including phenoxy) is 2. The third kappa shape index (κ3) is 66.8. The number of phosphoric ester groups is 1. The minimum Gasteiger partial charge on any atom is -0.756 e. The Balaban J connectivity index is 3.99. The Hall–Kier alpha value is -2.29. The molecule has 82 heavy (non-hydrogen) atoms. The first-order chi connectivity index (χ1) is 40.0. The molecule has 0 aromatic heterocycles. The molecule has 9 nitrogen and oxygen atoms in total. The van der Waals surface area contributed by atoms with Crippen LogP contribution in [0, 0.1) is 0 Å². The van der Waals surface area contributed by atoms with Crippen LogP contribution < -0.4 is 4.89 Å². The molecule has 2 atom stereocenters. The topological polar surface area (TPSA) is 111 Å². The van der Waals surface area contributed by atoms with Crippen molar-refractivity contribution >= 4 is 19.8 Å². The van der Waals surface area contributed by atoms with E-state index in [-0.39, 0.29) is 32.0 Å². The van der Waals surface area contributed by atoms with Gasteiger partial charge in [0.05, 0.1) is 27.7 Å². The van der Waals surface area contributed by atoms with Crippen LogP contribution in [0.2, 0.25) is 0 Å². The fourth-order valence-corrected chi connectivity index (χ4v) is 10.9. The van der Waals surface area contributed by atoms with Gasteiger partial charge in [-0.2, -0.15) is 0 Å². The number of quaternary nitrogens is 1. The molecule has 0 aliphatic carbocycles. The number of unbranched alkanes of at least 4 members (excludes halogenated alkanes) is 41. The number of carbonyl (C=O) groups is 2. The van der Waals surface area contributed by atoms with Crippen molar-refractivity contribution in [2.75, 3.05) is 47.5 Å². The van der Waals surface area contributed by atoms with Crippen molar-refractivity contribution < 1.29 is 42.1 Å². The van der Waals surface area contributed by atoms with Gasteiger partial charge in [-0.05, 0) is 77.0 Å². The van der Waals surface area contributed by atoms with Gasteiger partial charge in [0.2, 0.25) is 0 Å². The zero-order valence-corrected chi connectivity index (χ0v) is 55.6. The van der Waals surface area contributed by atoms with Gasteiger partial charge in [-0.25, -0.2) is 0 Å². The Labute approximate surface area is 508 Å². The fourth-order valence-electron chi connectivity index (χ4n) is 10.2. The van der Waals surface area contributed by atoms with Crippen molar-refractivity contribution in [3.8, 4) is 0 Å². The third-order valence-electron chi connectivity index (χ3n) is 15.5. The van der Waals surface area contributed by atoms with Crippen LogP contribution in [0.5, 0.6) is 0 Å². The molecule has 0 aromatic rings. The molecule has 0 fully saturated rings. The lowest BCUT2D eigenvalue weighted by atomic mass is 10.0. The first-order valence-electron chi connectivity index (χ1n) is 35.0. The molecular weight excluding hydrogens is 1040 g/mol. The van der Waals surface area contributed by atoms with Gasteiger partial charge >= 0.3 is 11.9 Å². The van der Waals surface area contributed by atoms with Crippen LogP contribution in [0.3, 0.4) is 0 Å². The minimum absolute atomic E-state index is 0.0310. The Kier molecular flexibility index (Phi) is 61.5. The number of phosphoric acid groups is 1. The molecular formula is C72H134NO8P. The summed E-state index contributed by atoms with van der Waals surface area (Å²) in [5.41, 5.74) is 0. The van der Waals surface area contributed by atoms with Crippen molar-refractivity contribution in [2.45, 2.75) is 341 Å². The second-order valence-corrected chi connectivity index (χ2v) is 26.3. The number of hydrogen-bond acceptors (Lipinski definition) is 8. The van der Waals surface area contributed by atoms with E-state index in [0.29, 0.717) is 17.4 Å². The van der Waals surface area contributed by atoms with Crippen LogP contribution in [-0.4, -0.2) is 70.0 Å². The smallest absolute Gasteiger partial charge is 0.306 e. The number of nitrogens with zero attached hydrogens (tertiary/aromatic N) is 1. The molecule has 0 rings (SSSR count). The summed E-state index contributed by atoms with van der Waals surface area (Å²) >= 11 is 0. The van der Waals surface area contributed by atoms with Crippen LogP contribution in [0.15, 0.2) is 60.8 Å². The number of esters is 2. The summed E-state index contributed by atoms with van der Waals surface area (Å²) in [7, 11) is 1.17. The van der Waals surface area contributed by atoms with Gasteiger partial charge in [0.25, 0.3) is 7.82 Å². The van der Waals surface area contributed by atoms with E-state index in [1.165, 1.54) is 238 Å². The summed E-state index contributed by atoms with van der Waals surface area (Å²) in [4.78, 5) is 38.1. The highest BCUT2D eigenvalue weighted by Gasteiger charge is 2.22. The lowest BCUT2D eigenvalue weighted by Crippen LogP contribution is -2.37. The third-order valence-corrected chi connectivity index (χ3v) is 16.5. The van der Waals surface area contributed by atoms with E-state index in [1.54, 1.807) is 0 Å². The summed E-state index contributed by atoms with van der Waals surface area (Å²) in [5, 5.41) is 0. The fraction of sp³-hybridized carbons (Fsp3) is 0.833. The Bertz CT molecular complexity index is 1570. The molecule has 0 heterocycles. The first kappa shape index (κ1) is 79.7. The summed E-state index contributed by atoms with van der Waals surface area (Å²) in [6.45, 7) is 4.18. The normalized spacial score (nSPS) is 13.5. The molecule has 0 aliphatic rings. The highest BCUT2D eigenvalue weighted by atomic mass is 31.2. The Morgan fingerprint density at radius 2 is 0.695 bits per heavy atom. The van der Waals surface area contributed by atoms with E-state index >= 15 is 0 Å². The van der Waals surface area contributed by atoms with E-state index in [4.69, 9.17) is 18.5 Å². The average molecular weight is 1170 g/mol. The van der Waals surface area contributed by atoms with Crippen LogP contribution >= 0.6 is 7.82 Å². The lowest BCUT2D eigenvalue weighted by molar-refractivity contribution is -0.870. The molecule has 0 saturated heterocycles. The lowest BCUT2D eigenvalue weighted by Gasteiger charge is -2.28. The van der Waals surface area contributed by atoms with E-state index in [9.17, 15) is 19.0 Å². The summed E-state index contributed by atoms with van der Waals surface area (Å²) in [6.07, 6.45) is 83.1. The molecule has 0 radical (unpaired) electrons. The summed E-state index contributed by atoms with van der Waals surface area (Å²) in [6, 6.07) is 0. The number of carbonyl (C=O) groups excluding carboxylic acids is 2. The van der Waals surface area contributed by atoms with Crippen LogP contribution in [0.25, 0.3) is 0 Å². The second kappa shape index (κ2) is 63.2. The van der Waals surface area contributed by atoms with Crippen molar-refractivity contribution in [3.63, 3.8) is 0 Å². The standard InChI is InChI=1S/C72H134NO8P/c1-6-8-10-12-14-16-18-20-22-24-26-28-30-32-33-34-35-36-37-38-39-41-42-44-46-48-50-52-54-56-58-60-62-64-71(74)78-68-70(69-80-82(76,77)79-67-66-73(3,4)5)81-72(75)65-63-61-59-57-55-53-51-49-47-45-43-40-31-29-27-25-23-21-19-17-15-13-11-9-7-2/h9,11,15,17,21,23-24,26-27,29,70H,6-8,10,12-14,16,18-20,22,25,28,30-69H2,1-5H3/b11-9-,17-15-,23-21-,26-24-,29-27-. The zero-order chi connectivity index (χ0) is 59.8. The average Bonchev–Trinajstić information content (AvgIpc) is 3.46. The van der Waals surface area contributed by atoms with Crippen molar-refractivity contribution in [3.05, 3.63) is 60.8 Å². The predicted octanol–water partition coefficient (Wildman–Crippen LogP) is 22.0. The van der Waals surface area contributed by atoms with Crippen LogP contribution in [0.1, 0.15) is 335 Å². The second-order valence-electron chi connectivity index (χ2n) is 24.9. The quantitative estimate of drug-likeness (QED) is 0.0195. The van der Waals surface area contributed by atoms with E-state index in [0.717, 1.165) is 64.2 Å². The molecule has 0 N–H and O–H groups in total. The minimum atomic E-state index is -4.64. The van der Waals surface area contributed by atoms with Gasteiger partial charge in [0, 0.05) is 12.8 Å². The largest absolute Gasteiger partial charge is 0.756 e. The molecule has 0 amide bonds. The van der Waals surface area contributed by atoms with Crippen molar-refractivity contribution in [2.24, 2.45) is 0 Å². The molecule has 0 bridgehead atoms. The van der Waals surface area contributed by atoms with E-state index < -0.39 is 26.5 Å². The molecule has 480 valence electrons.